The molecule has 0 saturated carbocycles. The van der Waals surface area contributed by atoms with Gasteiger partial charge in [-0.2, -0.15) is 0 Å². The summed E-state index contributed by atoms with van der Waals surface area (Å²) in [7, 11) is 0. The highest BCUT2D eigenvalue weighted by molar-refractivity contribution is 4.91. The van der Waals surface area contributed by atoms with Gasteiger partial charge < -0.3 is 5.73 Å². The van der Waals surface area contributed by atoms with Crippen LogP contribution in [0.3, 0.4) is 0 Å². The lowest BCUT2D eigenvalue weighted by atomic mass is 10.1. The van der Waals surface area contributed by atoms with Crippen LogP contribution in [0.15, 0.2) is 12.2 Å². The van der Waals surface area contributed by atoms with E-state index in [-0.39, 0.29) is 0 Å². The van der Waals surface area contributed by atoms with Crippen molar-refractivity contribution in [2.45, 2.75) is 46.0 Å². The van der Waals surface area contributed by atoms with Crippen molar-refractivity contribution in [1.29, 1.82) is 0 Å². The molecule has 0 unspecified atom stereocenters. The van der Waals surface area contributed by atoms with Gasteiger partial charge in [-0.3, -0.25) is 4.90 Å². The third-order valence-electron chi connectivity index (χ3n) is 2.62. The molecule has 15 heavy (non-hydrogen) atoms. The highest BCUT2D eigenvalue weighted by Crippen LogP contribution is 2.04. The van der Waals surface area contributed by atoms with Crippen molar-refractivity contribution in [1.82, 2.24) is 4.90 Å². The first-order valence-corrected chi connectivity index (χ1v) is 6.27. The van der Waals surface area contributed by atoms with Crippen LogP contribution in [0.2, 0.25) is 0 Å². The quantitative estimate of drug-likeness (QED) is 0.446. The molecule has 0 aromatic rings. The van der Waals surface area contributed by atoms with Gasteiger partial charge in [0.05, 0.1) is 0 Å². The summed E-state index contributed by atoms with van der Waals surface area (Å²) in [5.74, 6) is 0. The average Bonchev–Trinajstić information content (AvgIpc) is 2.20. The molecule has 0 bridgehead atoms. The fourth-order valence-electron chi connectivity index (χ4n) is 1.74. The van der Waals surface area contributed by atoms with Crippen molar-refractivity contribution in [2.24, 2.45) is 5.73 Å². The maximum Gasteiger partial charge on any atom is 0.0187 e. The molecule has 0 aliphatic rings. The monoisotopic (exact) mass is 212 g/mol. The van der Waals surface area contributed by atoms with E-state index in [1.54, 1.807) is 0 Å². The molecule has 2 N–H and O–H groups in total. The number of nitrogens with zero attached hydrogens (tertiary/aromatic N) is 1. The summed E-state index contributed by atoms with van der Waals surface area (Å²) >= 11 is 0. The van der Waals surface area contributed by atoms with Crippen LogP contribution in [0.25, 0.3) is 0 Å². The molecule has 0 amide bonds. The summed E-state index contributed by atoms with van der Waals surface area (Å²) in [6, 6.07) is 0. The Bertz CT molecular complexity index is 155. The van der Waals surface area contributed by atoms with Gasteiger partial charge in [-0.25, -0.2) is 0 Å². The average molecular weight is 212 g/mol. The van der Waals surface area contributed by atoms with Crippen LogP contribution < -0.4 is 5.73 Å². The van der Waals surface area contributed by atoms with E-state index in [2.05, 4.69) is 25.3 Å². The van der Waals surface area contributed by atoms with E-state index < -0.39 is 0 Å². The molecule has 0 rings (SSSR count). The minimum atomic E-state index is 0.844. The second kappa shape index (κ2) is 10.2. The molecule has 0 aliphatic carbocycles. The zero-order chi connectivity index (χ0) is 11.5. The Hall–Kier alpha value is -0.340. The molecule has 0 aromatic heterocycles. The van der Waals surface area contributed by atoms with Gasteiger partial charge in [0.2, 0.25) is 0 Å². The Morgan fingerprint density at radius 2 is 1.73 bits per heavy atom. The van der Waals surface area contributed by atoms with Gasteiger partial charge in [-0.1, -0.05) is 38.3 Å². The largest absolute Gasteiger partial charge is 0.330 e. The third kappa shape index (κ3) is 9.95. The van der Waals surface area contributed by atoms with Crippen LogP contribution in [-0.4, -0.2) is 31.1 Å². The van der Waals surface area contributed by atoms with Gasteiger partial charge in [0.25, 0.3) is 0 Å². The summed E-state index contributed by atoms with van der Waals surface area (Å²) in [5.41, 5.74) is 6.71. The van der Waals surface area contributed by atoms with Crippen LogP contribution >= 0.6 is 0 Å². The van der Waals surface area contributed by atoms with Crippen molar-refractivity contribution in [3.8, 4) is 0 Å². The highest BCUT2D eigenvalue weighted by Gasteiger charge is 2.01. The van der Waals surface area contributed by atoms with E-state index in [0.29, 0.717) is 0 Å². The molecule has 0 aromatic carbocycles. The first kappa shape index (κ1) is 14.7. The van der Waals surface area contributed by atoms with Gasteiger partial charge in [0.15, 0.2) is 0 Å². The Balaban J connectivity index is 3.34. The number of rotatable bonds is 10. The van der Waals surface area contributed by atoms with E-state index in [0.717, 1.165) is 19.6 Å². The van der Waals surface area contributed by atoms with Crippen molar-refractivity contribution in [3.63, 3.8) is 0 Å². The Morgan fingerprint density at radius 3 is 2.27 bits per heavy atom. The predicted octanol–water partition coefficient (Wildman–Crippen LogP) is 2.79. The molecule has 0 atom stereocenters. The number of nitrogens with two attached hydrogens (primary N) is 1. The van der Waals surface area contributed by atoms with Crippen LogP contribution in [0, 0.1) is 0 Å². The lowest BCUT2D eigenvalue weighted by molar-refractivity contribution is 0.303. The molecule has 0 aliphatic heterocycles. The smallest absolute Gasteiger partial charge is 0.0187 e. The van der Waals surface area contributed by atoms with E-state index in [1.165, 1.54) is 44.2 Å². The zero-order valence-electron chi connectivity index (χ0n) is 10.6. The molecule has 2 heteroatoms. The van der Waals surface area contributed by atoms with Gasteiger partial charge in [-0.05, 0) is 39.4 Å². The van der Waals surface area contributed by atoms with E-state index in [1.807, 2.05) is 0 Å². The summed E-state index contributed by atoms with van der Waals surface area (Å²) in [6.45, 7) is 12.5. The predicted molar refractivity (Wildman–Crippen MR) is 69.1 cm³/mol. The topological polar surface area (TPSA) is 29.3 Å². The SMILES string of the molecule is C=C(C)CN(CC)CCCCCCCN. The fourth-order valence-corrected chi connectivity index (χ4v) is 1.74. The molecule has 0 fully saturated rings. The number of hydrogen-bond acceptors (Lipinski definition) is 2. The minimum absolute atomic E-state index is 0.844. The van der Waals surface area contributed by atoms with E-state index >= 15 is 0 Å². The molecular weight excluding hydrogens is 184 g/mol. The Labute approximate surface area is 95.5 Å². The van der Waals surface area contributed by atoms with Gasteiger partial charge in [0, 0.05) is 6.54 Å². The zero-order valence-corrected chi connectivity index (χ0v) is 10.6. The molecule has 2 nitrogen and oxygen atoms in total. The van der Waals surface area contributed by atoms with Crippen LogP contribution in [0.4, 0.5) is 0 Å². The van der Waals surface area contributed by atoms with E-state index in [4.69, 9.17) is 5.73 Å². The Morgan fingerprint density at radius 1 is 1.13 bits per heavy atom. The van der Waals surface area contributed by atoms with Crippen molar-refractivity contribution < 1.29 is 0 Å². The maximum atomic E-state index is 5.45. The van der Waals surface area contributed by atoms with Crippen LogP contribution in [0.5, 0.6) is 0 Å². The van der Waals surface area contributed by atoms with Gasteiger partial charge in [0.1, 0.15) is 0 Å². The number of likely N-dealkylation sites (N-methyl/N-ethyl adjacent to an activating group) is 1. The van der Waals surface area contributed by atoms with E-state index in [9.17, 15) is 0 Å². The molecule has 0 heterocycles. The highest BCUT2D eigenvalue weighted by atomic mass is 15.1. The molecule has 0 spiro atoms. The maximum absolute atomic E-state index is 5.45. The second-order valence-corrected chi connectivity index (χ2v) is 4.38. The lowest BCUT2D eigenvalue weighted by Crippen LogP contribution is -2.26. The molecule has 90 valence electrons. The lowest BCUT2D eigenvalue weighted by Gasteiger charge is -2.20. The first-order valence-electron chi connectivity index (χ1n) is 6.27. The van der Waals surface area contributed by atoms with Gasteiger partial charge >= 0.3 is 0 Å². The summed E-state index contributed by atoms with van der Waals surface area (Å²) in [5, 5.41) is 0. The number of unbranched alkanes of at least 4 members (excludes halogenated alkanes) is 4. The van der Waals surface area contributed by atoms with Gasteiger partial charge in [-0.15, -0.1) is 0 Å². The molecule has 0 radical (unpaired) electrons. The van der Waals surface area contributed by atoms with Crippen LogP contribution in [-0.2, 0) is 0 Å². The third-order valence-corrected chi connectivity index (χ3v) is 2.62. The molecule has 0 saturated heterocycles. The normalized spacial score (nSPS) is 10.9. The van der Waals surface area contributed by atoms with Crippen LogP contribution in [0.1, 0.15) is 46.0 Å². The first-order chi connectivity index (χ1) is 7.20. The number of hydrogen-bond donors (Lipinski definition) is 1. The second-order valence-electron chi connectivity index (χ2n) is 4.38. The summed E-state index contributed by atoms with van der Waals surface area (Å²) in [4.78, 5) is 2.46. The summed E-state index contributed by atoms with van der Waals surface area (Å²) < 4.78 is 0. The summed E-state index contributed by atoms with van der Waals surface area (Å²) in [6.07, 6.45) is 6.46. The fraction of sp³-hybridized carbons (Fsp3) is 0.846. The minimum Gasteiger partial charge on any atom is -0.330 e. The van der Waals surface area contributed by atoms with Crippen molar-refractivity contribution >= 4 is 0 Å². The standard InChI is InChI=1S/C13H28N2/c1-4-15(12-13(2)3)11-9-7-5-6-8-10-14/h2,4-12,14H2,1,3H3. The van der Waals surface area contributed by atoms with Crippen molar-refractivity contribution in [3.05, 3.63) is 12.2 Å². The van der Waals surface area contributed by atoms with Crippen molar-refractivity contribution in [2.75, 3.05) is 26.2 Å². The molecular formula is C13H28N2. The Kier molecular flexibility index (Phi) is 9.96.